The fourth-order valence-electron chi connectivity index (χ4n) is 1.33. The zero-order valence-electron chi connectivity index (χ0n) is 9.57. The number of carbonyl (C=O) groups is 2. The number of hydrogen-bond donors (Lipinski definition) is 2. The van der Waals surface area contributed by atoms with Gasteiger partial charge in [-0.3, -0.25) is 9.59 Å². The van der Waals surface area contributed by atoms with E-state index >= 15 is 0 Å². The van der Waals surface area contributed by atoms with E-state index in [1.807, 2.05) is 13.8 Å². The Balaban J connectivity index is 2.55. The van der Waals surface area contributed by atoms with E-state index in [9.17, 15) is 9.59 Å². The molecule has 1 amide bonds. The molecule has 1 heterocycles. The summed E-state index contributed by atoms with van der Waals surface area (Å²) in [6.07, 6.45) is 0. The summed E-state index contributed by atoms with van der Waals surface area (Å²) in [4.78, 5) is 23.2. The third-order valence-electron chi connectivity index (χ3n) is 2.40. The third kappa shape index (κ3) is 4.12. The molecule has 4 nitrogen and oxygen atoms in total. The number of rotatable bonds is 5. The van der Waals surface area contributed by atoms with Gasteiger partial charge in [-0.15, -0.1) is 11.3 Å². The Morgan fingerprint density at radius 2 is 2.12 bits per heavy atom. The van der Waals surface area contributed by atoms with Crippen LogP contribution in [0.5, 0.6) is 0 Å². The molecule has 1 unspecified atom stereocenters. The van der Waals surface area contributed by atoms with Crippen LogP contribution in [0.4, 0.5) is 0 Å². The number of carboxylic acids is 1. The molecule has 0 saturated carbocycles. The average Bonchev–Trinajstić information content (AvgIpc) is 2.63. The number of nitrogens with one attached hydrogen (secondary N) is 1. The minimum absolute atomic E-state index is 0.0112. The molecule has 1 atom stereocenters. The minimum atomic E-state index is -0.882. The van der Waals surface area contributed by atoms with Gasteiger partial charge in [0.05, 0.1) is 14.6 Å². The van der Waals surface area contributed by atoms with Crippen molar-refractivity contribution in [3.63, 3.8) is 0 Å². The summed E-state index contributed by atoms with van der Waals surface area (Å²) in [5, 5.41) is 11.6. The molecule has 0 bridgehead atoms. The lowest BCUT2D eigenvalue weighted by Crippen LogP contribution is -2.35. The second kappa shape index (κ2) is 6.16. The lowest BCUT2D eigenvalue weighted by atomic mass is 9.96. The van der Waals surface area contributed by atoms with Crippen molar-refractivity contribution < 1.29 is 14.7 Å². The van der Waals surface area contributed by atoms with Gasteiger partial charge >= 0.3 is 5.97 Å². The fraction of sp³-hybridized carbons (Fsp3) is 0.455. The molecule has 1 aromatic heterocycles. The van der Waals surface area contributed by atoms with Gasteiger partial charge in [-0.2, -0.15) is 0 Å². The highest BCUT2D eigenvalue weighted by Gasteiger charge is 2.22. The summed E-state index contributed by atoms with van der Waals surface area (Å²) in [7, 11) is 0. The van der Waals surface area contributed by atoms with Crippen LogP contribution in [-0.2, 0) is 4.79 Å². The minimum Gasteiger partial charge on any atom is -0.481 e. The molecule has 1 rings (SSSR count). The van der Waals surface area contributed by atoms with Crippen molar-refractivity contribution >= 4 is 39.1 Å². The van der Waals surface area contributed by atoms with Crippen LogP contribution in [0, 0.1) is 11.8 Å². The lowest BCUT2D eigenvalue weighted by Gasteiger charge is -2.16. The number of carbonyl (C=O) groups excluding carboxylic acids is 1. The van der Waals surface area contributed by atoms with Gasteiger partial charge in [0.25, 0.3) is 5.91 Å². The summed E-state index contributed by atoms with van der Waals surface area (Å²) < 4.78 is 0.876. The predicted octanol–water partition coefficient (Wildman–Crippen LogP) is 2.60. The number of hydrogen-bond acceptors (Lipinski definition) is 3. The van der Waals surface area contributed by atoms with Crippen LogP contribution in [0.2, 0.25) is 0 Å². The van der Waals surface area contributed by atoms with Gasteiger partial charge in [-0.05, 0) is 34.0 Å². The molecule has 6 heteroatoms. The molecule has 0 aliphatic carbocycles. The molecule has 0 radical (unpaired) electrons. The Kier molecular flexibility index (Phi) is 5.14. The smallest absolute Gasteiger partial charge is 0.308 e. The summed E-state index contributed by atoms with van der Waals surface area (Å²) >= 11 is 4.59. The Hall–Kier alpha value is -0.880. The van der Waals surface area contributed by atoms with Crippen LogP contribution in [0.25, 0.3) is 0 Å². The standard InChI is InChI=1S/C11H14BrNO3S/c1-6(2)7(11(15)16)5-13-10(14)8-3-4-9(12)17-8/h3-4,6-7H,5H2,1-2H3,(H,13,14)(H,15,16). The summed E-state index contributed by atoms with van der Waals surface area (Å²) in [5.74, 6) is -1.68. The second-order valence-electron chi connectivity index (χ2n) is 4.00. The molecule has 0 aromatic carbocycles. The SMILES string of the molecule is CC(C)C(CNC(=O)c1ccc(Br)s1)C(=O)O. The van der Waals surface area contributed by atoms with E-state index in [1.54, 1.807) is 12.1 Å². The quantitative estimate of drug-likeness (QED) is 0.876. The molecule has 0 fully saturated rings. The van der Waals surface area contributed by atoms with Crippen LogP contribution in [0.3, 0.4) is 0 Å². The van der Waals surface area contributed by atoms with Crippen LogP contribution < -0.4 is 5.32 Å². The lowest BCUT2D eigenvalue weighted by molar-refractivity contribution is -0.142. The van der Waals surface area contributed by atoms with Crippen molar-refractivity contribution in [3.05, 3.63) is 20.8 Å². The van der Waals surface area contributed by atoms with Crippen molar-refractivity contribution in [2.24, 2.45) is 11.8 Å². The fourth-order valence-corrected chi connectivity index (χ4v) is 2.64. The Morgan fingerprint density at radius 3 is 2.53 bits per heavy atom. The van der Waals surface area contributed by atoms with Crippen LogP contribution in [0.15, 0.2) is 15.9 Å². The van der Waals surface area contributed by atoms with Crippen molar-refractivity contribution in [2.45, 2.75) is 13.8 Å². The molecular formula is C11H14BrNO3S. The van der Waals surface area contributed by atoms with Crippen molar-refractivity contribution in [2.75, 3.05) is 6.54 Å². The Labute approximate surface area is 112 Å². The molecule has 1 aromatic rings. The zero-order valence-corrected chi connectivity index (χ0v) is 12.0. The number of thiophene rings is 1. The first kappa shape index (κ1) is 14.2. The van der Waals surface area contributed by atoms with E-state index < -0.39 is 11.9 Å². The summed E-state index contributed by atoms with van der Waals surface area (Å²) in [5.41, 5.74) is 0. The Morgan fingerprint density at radius 1 is 1.47 bits per heavy atom. The molecule has 2 N–H and O–H groups in total. The maximum Gasteiger partial charge on any atom is 0.308 e. The molecular weight excluding hydrogens is 306 g/mol. The van der Waals surface area contributed by atoms with Crippen LogP contribution in [-0.4, -0.2) is 23.5 Å². The third-order valence-corrected chi connectivity index (χ3v) is 4.02. The van der Waals surface area contributed by atoms with E-state index in [0.29, 0.717) is 4.88 Å². The zero-order chi connectivity index (χ0) is 13.0. The van der Waals surface area contributed by atoms with Gasteiger partial charge in [0, 0.05) is 6.54 Å². The highest BCUT2D eigenvalue weighted by atomic mass is 79.9. The first-order valence-electron chi connectivity index (χ1n) is 5.18. The first-order chi connectivity index (χ1) is 7.91. The van der Waals surface area contributed by atoms with Crippen molar-refractivity contribution in [1.29, 1.82) is 0 Å². The van der Waals surface area contributed by atoms with Gasteiger partial charge < -0.3 is 10.4 Å². The molecule has 17 heavy (non-hydrogen) atoms. The highest BCUT2D eigenvalue weighted by molar-refractivity contribution is 9.11. The molecule has 0 spiro atoms. The van der Waals surface area contributed by atoms with E-state index in [2.05, 4.69) is 21.2 Å². The first-order valence-corrected chi connectivity index (χ1v) is 6.79. The summed E-state index contributed by atoms with van der Waals surface area (Å²) in [6, 6.07) is 3.49. The molecule has 94 valence electrons. The number of carboxylic acid groups (broad SMARTS) is 1. The second-order valence-corrected chi connectivity index (χ2v) is 6.47. The van der Waals surface area contributed by atoms with E-state index in [-0.39, 0.29) is 18.4 Å². The predicted molar refractivity (Wildman–Crippen MR) is 70.3 cm³/mol. The normalized spacial score (nSPS) is 12.5. The molecule has 0 aliphatic heterocycles. The van der Waals surface area contributed by atoms with E-state index in [1.165, 1.54) is 11.3 Å². The highest BCUT2D eigenvalue weighted by Crippen LogP contribution is 2.22. The number of halogens is 1. The van der Waals surface area contributed by atoms with E-state index in [4.69, 9.17) is 5.11 Å². The van der Waals surface area contributed by atoms with Gasteiger partial charge in [0.15, 0.2) is 0 Å². The maximum atomic E-state index is 11.7. The monoisotopic (exact) mass is 319 g/mol. The van der Waals surface area contributed by atoms with Crippen molar-refractivity contribution in [3.8, 4) is 0 Å². The number of aliphatic carboxylic acids is 1. The largest absolute Gasteiger partial charge is 0.481 e. The number of amides is 1. The molecule has 0 saturated heterocycles. The van der Waals surface area contributed by atoms with Gasteiger partial charge in [0.1, 0.15) is 0 Å². The van der Waals surface area contributed by atoms with Gasteiger partial charge in [-0.1, -0.05) is 13.8 Å². The maximum absolute atomic E-state index is 11.7. The van der Waals surface area contributed by atoms with Crippen LogP contribution >= 0.6 is 27.3 Å². The van der Waals surface area contributed by atoms with Gasteiger partial charge in [-0.25, -0.2) is 0 Å². The van der Waals surface area contributed by atoms with Gasteiger partial charge in [0.2, 0.25) is 0 Å². The topological polar surface area (TPSA) is 66.4 Å². The van der Waals surface area contributed by atoms with Crippen LogP contribution in [0.1, 0.15) is 23.5 Å². The van der Waals surface area contributed by atoms with E-state index in [0.717, 1.165) is 3.79 Å². The summed E-state index contributed by atoms with van der Waals surface area (Å²) in [6.45, 7) is 3.81. The molecule has 0 aliphatic rings. The van der Waals surface area contributed by atoms with Crippen molar-refractivity contribution in [1.82, 2.24) is 5.32 Å². The average molecular weight is 320 g/mol. The Bertz CT molecular complexity index is 417.